The number of hydrogen-bond donors (Lipinski definition) is 0. The first-order valence-electron chi connectivity index (χ1n) is 10.5. The second-order valence-corrected chi connectivity index (χ2v) is 17.7. The van der Waals surface area contributed by atoms with Crippen LogP contribution in [-0.4, -0.2) is 31.2 Å². The molecular weight excluding hydrogens is 405 g/mol. The van der Waals surface area contributed by atoms with Gasteiger partial charge >= 0.3 is 0 Å². The Balaban J connectivity index is 0.000000271. The Morgan fingerprint density at radius 3 is 0.815 bits per heavy atom. The third-order valence-electron chi connectivity index (χ3n) is 5.54. The molecule has 0 radical (unpaired) electrons. The van der Waals surface area contributed by atoms with Crippen LogP contribution in [0.1, 0.15) is 89.5 Å². The van der Waals surface area contributed by atoms with Crippen LogP contribution in [0.15, 0.2) is 0 Å². The number of rotatable bonds is 0. The van der Waals surface area contributed by atoms with E-state index in [1.165, 1.54) is 29.4 Å². The minimum atomic E-state index is 0.376. The summed E-state index contributed by atoms with van der Waals surface area (Å²) in [7, 11) is 0. The van der Waals surface area contributed by atoms with Gasteiger partial charge in [-0.2, -0.15) is 0 Å². The molecule has 0 aromatic rings. The van der Waals surface area contributed by atoms with Gasteiger partial charge in [0.2, 0.25) is 0 Å². The van der Waals surface area contributed by atoms with Gasteiger partial charge in [-0.05, 0) is 39.6 Å². The van der Waals surface area contributed by atoms with Crippen LogP contribution in [0.25, 0.3) is 0 Å². The molecule has 0 N–H and O–H groups in total. The molecule has 162 valence electrons. The zero-order valence-electron chi connectivity index (χ0n) is 20.2. The molecular formula is C23H46S4. The summed E-state index contributed by atoms with van der Waals surface area (Å²) in [6, 6.07) is 0. The fourth-order valence-corrected chi connectivity index (χ4v) is 12.6. The lowest BCUT2D eigenvalue weighted by Crippen LogP contribution is -2.49. The van der Waals surface area contributed by atoms with Gasteiger partial charge in [0.1, 0.15) is 0 Å². The van der Waals surface area contributed by atoms with E-state index in [0.29, 0.717) is 29.8 Å². The number of hydrogen-bond acceptors (Lipinski definition) is 4. The second-order valence-electron chi connectivity index (χ2n) is 12.0. The van der Waals surface area contributed by atoms with Crippen molar-refractivity contribution in [1.29, 1.82) is 0 Å². The standard InChI is InChI=1S/C12H24S2.C11H22S2/c1-10(2,3)12(11(4,5)6)13-8-7-9-14-12;1-9(2,3)11(10(4,5)6)12-7-8-13-11/h7-9H2,1-6H3;7-8H2,1-6H3. The highest BCUT2D eigenvalue weighted by Gasteiger charge is 2.54. The van der Waals surface area contributed by atoms with Gasteiger partial charge in [-0.15, -0.1) is 47.0 Å². The van der Waals surface area contributed by atoms with Crippen molar-refractivity contribution in [3.63, 3.8) is 0 Å². The van der Waals surface area contributed by atoms with Crippen molar-refractivity contribution in [2.24, 2.45) is 21.7 Å². The minimum absolute atomic E-state index is 0.376. The normalized spacial score (nSPS) is 23.6. The molecule has 27 heavy (non-hydrogen) atoms. The van der Waals surface area contributed by atoms with Crippen LogP contribution in [0.5, 0.6) is 0 Å². The van der Waals surface area contributed by atoms with Gasteiger partial charge in [0, 0.05) is 11.5 Å². The topological polar surface area (TPSA) is 0 Å². The Morgan fingerprint density at radius 1 is 0.407 bits per heavy atom. The first kappa shape index (κ1) is 26.4. The SMILES string of the molecule is CC(C)(C)C1(C(C)(C)C)SCCCS1.CC(C)(C)C1(C(C)(C)C)SCCS1. The van der Waals surface area contributed by atoms with E-state index in [9.17, 15) is 0 Å². The molecule has 0 bridgehead atoms. The van der Waals surface area contributed by atoms with Gasteiger partial charge in [0.05, 0.1) is 8.16 Å². The van der Waals surface area contributed by atoms with Gasteiger partial charge in [0.25, 0.3) is 0 Å². The van der Waals surface area contributed by atoms with E-state index in [1.54, 1.807) is 0 Å². The predicted octanol–water partition coefficient (Wildman–Crippen LogP) is 8.90. The molecule has 0 aliphatic carbocycles. The molecule has 2 aliphatic heterocycles. The van der Waals surface area contributed by atoms with Crippen LogP contribution in [0.3, 0.4) is 0 Å². The Hall–Kier alpha value is 1.40. The summed E-state index contributed by atoms with van der Waals surface area (Å²) in [5.41, 5.74) is 1.52. The minimum Gasteiger partial charge on any atom is -0.143 e. The molecule has 0 unspecified atom stereocenters. The first-order valence-corrected chi connectivity index (χ1v) is 14.4. The second kappa shape index (κ2) is 8.87. The molecule has 2 fully saturated rings. The Kier molecular flexibility index (Phi) is 8.68. The van der Waals surface area contributed by atoms with Crippen LogP contribution in [0, 0.1) is 21.7 Å². The first-order chi connectivity index (χ1) is 11.9. The zero-order chi connectivity index (χ0) is 21.4. The summed E-state index contributed by atoms with van der Waals surface area (Å²) in [5, 5.41) is 0. The van der Waals surface area contributed by atoms with E-state index in [4.69, 9.17) is 0 Å². The maximum atomic E-state index is 2.39. The molecule has 2 rings (SSSR count). The molecule has 0 nitrogen and oxygen atoms in total. The molecule has 0 aromatic carbocycles. The van der Waals surface area contributed by atoms with Gasteiger partial charge in [-0.3, -0.25) is 0 Å². The summed E-state index contributed by atoms with van der Waals surface area (Å²) in [4.78, 5) is 0. The smallest absolute Gasteiger partial charge is 0.0707 e. The van der Waals surface area contributed by atoms with Crippen molar-refractivity contribution in [3.8, 4) is 0 Å². The van der Waals surface area contributed by atoms with Crippen molar-refractivity contribution < 1.29 is 0 Å². The Bertz CT molecular complexity index is 425. The maximum Gasteiger partial charge on any atom is 0.0707 e. The van der Waals surface area contributed by atoms with Crippen LogP contribution >= 0.6 is 47.0 Å². The van der Waals surface area contributed by atoms with Gasteiger partial charge in [0.15, 0.2) is 0 Å². The summed E-state index contributed by atoms with van der Waals surface area (Å²) >= 11 is 8.71. The molecule has 4 heteroatoms. The highest BCUT2D eigenvalue weighted by atomic mass is 32.2. The lowest BCUT2D eigenvalue weighted by atomic mass is 9.76. The molecule has 0 amide bonds. The maximum absolute atomic E-state index is 2.39. The van der Waals surface area contributed by atoms with E-state index in [2.05, 4.69) is 130 Å². The fraction of sp³-hybridized carbons (Fsp3) is 1.00. The summed E-state index contributed by atoms with van der Waals surface area (Å²) in [6.45, 7) is 28.6. The van der Waals surface area contributed by atoms with Crippen LogP contribution in [-0.2, 0) is 0 Å². The third-order valence-corrected chi connectivity index (χ3v) is 15.5. The Labute approximate surface area is 188 Å². The summed E-state index contributed by atoms with van der Waals surface area (Å²) in [6.07, 6.45) is 1.38. The lowest BCUT2D eigenvalue weighted by Gasteiger charge is -2.54. The van der Waals surface area contributed by atoms with Crippen molar-refractivity contribution in [2.45, 2.75) is 97.7 Å². The number of thioether (sulfide) groups is 4. The molecule has 0 saturated carbocycles. The van der Waals surface area contributed by atoms with Gasteiger partial charge in [-0.1, -0.05) is 83.1 Å². The molecule has 0 aromatic heterocycles. The van der Waals surface area contributed by atoms with Crippen molar-refractivity contribution >= 4 is 47.0 Å². The summed E-state index contributed by atoms with van der Waals surface area (Å²) in [5.74, 6) is 5.31. The third kappa shape index (κ3) is 5.56. The fourth-order valence-electron chi connectivity index (χ4n) is 4.93. The van der Waals surface area contributed by atoms with Gasteiger partial charge < -0.3 is 0 Å². The predicted molar refractivity (Wildman–Crippen MR) is 138 cm³/mol. The van der Waals surface area contributed by atoms with Crippen LogP contribution in [0.2, 0.25) is 0 Å². The highest BCUT2D eigenvalue weighted by Crippen LogP contribution is 2.63. The molecule has 2 aliphatic rings. The van der Waals surface area contributed by atoms with Crippen molar-refractivity contribution in [1.82, 2.24) is 0 Å². The highest BCUT2D eigenvalue weighted by molar-refractivity contribution is 8.21. The van der Waals surface area contributed by atoms with Crippen molar-refractivity contribution in [2.75, 3.05) is 23.0 Å². The van der Waals surface area contributed by atoms with E-state index < -0.39 is 0 Å². The monoisotopic (exact) mass is 450 g/mol. The van der Waals surface area contributed by atoms with Crippen LogP contribution in [0.4, 0.5) is 0 Å². The molecule has 2 saturated heterocycles. The zero-order valence-corrected chi connectivity index (χ0v) is 23.4. The molecule has 2 heterocycles. The average Bonchev–Trinajstić information content (AvgIpc) is 2.97. The van der Waals surface area contributed by atoms with E-state index in [0.717, 1.165) is 0 Å². The average molecular weight is 451 g/mol. The lowest BCUT2D eigenvalue weighted by molar-refractivity contribution is 0.220. The largest absolute Gasteiger partial charge is 0.143 e. The quantitative estimate of drug-likeness (QED) is 0.361. The van der Waals surface area contributed by atoms with Crippen LogP contribution < -0.4 is 0 Å². The van der Waals surface area contributed by atoms with Crippen molar-refractivity contribution in [3.05, 3.63) is 0 Å². The molecule has 0 spiro atoms. The summed E-state index contributed by atoms with van der Waals surface area (Å²) < 4.78 is 0.790. The Morgan fingerprint density at radius 2 is 0.630 bits per heavy atom. The van der Waals surface area contributed by atoms with Gasteiger partial charge in [-0.25, -0.2) is 0 Å². The van der Waals surface area contributed by atoms with E-state index in [1.807, 2.05) is 0 Å². The van der Waals surface area contributed by atoms with E-state index in [-0.39, 0.29) is 0 Å². The molecule has 0 atom stereocenters. The van der Waals surface area contributed by atoms with E-state index >= 15 is 0 Å².